The van der Waals surface area contributed by atoms with E-state index < -0.39 is 5.66 Å². The van der Waals surface area contributed by atoms with Crippen molar-refractivity contribution in [2.45, 2.75) is 81.6 Å². The van der Waals surface area contributed by atoms with Crippen LogP contribution in [-0.2, 0) is 11.2 Å². The number of thiazole rings is 1. The highest BCUT2D eigenvalue weighted by molar-refractivity contribution is 7.09. The van der Waals surface area contributed by atoms with Crippen LogP contribution in [0.25, 0.3) is 0 Å². The number of hydrogen-bond acceptors (Lipinski definition) is 7. The van der Waals surface area contributed by atoms with Gasteiger partial charge in [0.05, 0.1) is 5.01 Å². The van der Waals surface area contributed by atoms with Crippen LogP contribution in [-0.4, -0.2) is 82.5 Å². The second kappa shape index (κ2) is 11.4. The molecule has 6 rings (SSSR count). The second-order valence-corrected chi connectivity index (χ2v) is 13.6. The van der Waals surface area contributed by atoms with Gasteiger partial charge in [0.15, 0.2) is 11.4 Å². The number of nitrogens with one attached hydrogen (secondary N) is 1. The lowest BCUT2D eigenvalue weighted by Crippen LogP contribution is -2.69. The highest BCUT2D eigenvalue weighted by Crippen LogP contribution is 2.43. The molecule has 0 saturated carbocycles. The first-order valence-corrected chi connectivity index (χ1v) is 16.0. The Balaban J connectivity index is 1.24. The molecule has 2 unspecified atom stereocenters. The van der Waals surface area contributed by atoms with Crippen molar-refractivity contribution >= 4 is 40.3 Å². The maximum absolute atomic E-state index is 13.6. The molecule has 39 heavy (non-hydrogen) atoms. The number of piperidine rings is 1. The van der Waals surface area contributed by atoms with E-state index in [1.54, 1.807) is 18.3 Å². The number of hydrogen-bond donors (Lipinski definition) is 1. The first-order chi connectivity index (χ1) is 18.8. The summed E-state index contributed by atoms with van der Waals surface area (Å²) >= 11 is 15.1. The highest BCUT2D eigenvalue weighted by Gasteiger charge is 2.48. The van der Waals surface area contributed by atoms with Gasteiger partial charge < -0.3 is 10.2 Å². The summed E-state index contributed by atoms with van der Waals surface area (Å²) in [6.45, 7) is 5.48. The van der Waals surface area contributed by atoms with E-state index >= 15 is 0 Å². The summed E-state index contributed by atoms with van der Waals surface area (Å²) in [6, 6.07) is 7.82. The van der Waals surface area contributed by atoms with Gasteiger partial charge in [0, 0.05) is 90.4 Å². The molecule has 9 heteroatoms. The summed E-state index contributed by atoms with van der Waals surface area (Å²) in [4.78, 5) is 25.8. The number of benzene rings is 1. The number of ketones is 1. The van der Waals surface area contributed by atoms with Crippen LogP contribution in [0.15, 0.2) is 41.5 Å². The zero-order valence-electron chi connectivity index (χ0n) is 22.9. The fourth-order valence-corrected chi connectivity index (χ4v) is 8.90. The summed E-state index contributed by atoms with van der Waals surface area (Å²) in [5, 5.41) is 8.19. The van der Waals surface area contributed by atoms with Gasteiger partial charge in [0.2, 0.25) is 0 Å². The van der Waals surface area contributed by atoms with Gasteiger partial charge in [-0.05, 0) is 63.8 Å². The average molecular weight is 589 g/mol. The van der Waals surface area contributed by atoms with Crippen LogP contribution in [0.4, 0.5) is 0 Å². The van der Waals surface area contributed by atoms with E-state index in [2.05, 4.69) is 38.1 Å². The van der Waals surface area contributed by atoms with Crippen LogP contribution in [0, 0.1) is 0 Å². The molecule has 1 N–H and O–H groups in total. The number of halogens is 2. The summed E-state index contributed by atoms with van der Waals surface area (Å²) in [7, 11) is 2.31. The normalized spacial score (nSPS) is 32.2. The maximum Gasteiger partial charge on any atom is 0.170 e. The third kappa shape index (κ3) is 5.43. The minimum Gasteiger partial charge on any atom is -0.365 e. The first-order valence-electron chi connectivity index (χ1n) is 14.4. The molecule has 0 amide bonds. The van der Waals surface area contributed by atoms with Gasteiger partial charge in [-0.1, -0.05) is 35.3 Å². The van der Waals surface area contributed by atoms with Crippen molar-refractivity contribution in [2.75, 3.05) is 33.2 Å². The molecule has 3 saturated heterocycles. The number of Topliss-reactive ketones (excluding diaryl/α,β-unsaturated/α-hetero) is 1. The number of aryl methyl sites for hydroxylation is 1. The first kappa shape index (κ1) is 27.7. The van der Waals surface area contributed by atoms with Crippen molar-refractivity contribution in [3.63, 3.8) is 0 Å². The lowest BCUT2D eigenvalue weighted by atomic mass is 9.81. The average Bonchev–Trinajstić information content (AvgIpc) is 3.50. The smallest absolute Gasteiger partial charge is 0.170 e. The molecule has 0 spiro atoms. The van der Waals surface area contributed by atoms with E-state index in [0.717, 1.165) is 67.4 Å². The molecule has 210 valence electrons. The summed E-state index contributed by atoms with van der Waals surface area (Å²) in [5.41, 5.74) is 1.21. The van der Waals surface area contributed by atoms with Crippen molar-refractivity contribution in [1.82, 2.24) is 25.0 Å². The molecule has 4 aliphatic rings. The molecule has 0 aliphatic carbocycles. The molecule has 2 aromatic rings. The standard InChI is InChI=1S/C30H39Cl2N5OS/c1-20(38)30(37-13-11-36(12-14-37)25-17-23-7-8-24(18-25)35(23)2)19-21(29-26(31)4-3-5-27(29)32)16-22(34-30)6-9-28-33-10-15-39-28/h3-5,10,15-16,21,23-25,34H,6-9,11-14,17-19H2,1-2H3/t21?,23-,24+,25-,30?. The monoisotopic (exact) mass is 587 g/mol. The predicted molar refractivity (Wildman–Crippen MR) is 160 cm³/mol. The van der Waals surface area contributed by atoms with Crippen LogP contribution < -0.4 is 5.32 Å². The molecule has 2 bridgehead atoms. The Labute approximate surface area is 246 Å². The molecule has 5 atom stereocenters. The lowest BCUT2D eigenvalue weighted by molar-refractivity contribution is -0.134. The number of carbonyl (C=O) groups is 1. The van der Waals surface area contributed by atoms with Crippen LogP contribution in [0.3, 0.4) is 0 Å². The zero-order valence-corrected chi connectivity index (χ0v) is 25.2. The van der Waals surface area contributed by atoms with E-state index in [1.807, 2.05) is 29.8 Å². The van der Waals surface area contributed by atoms with Crippen molar-refractivity contribution < 1.29 is 4.79 Å². The summed E-state index contributed by atoms with van der Waals surface area (Å²) < 4.78 is 0. The lowest BCUT2D eigenvalue weighted by Gasteiger charge is -2.52. The van der Waals surface area contributed by atoms with E-state index in [4.69, 9.17) is 23.2 Å². The van der Waals surface area contributed by atoms with Gasteiger partial charge >= 0.3 is 0 Å². The predicted octanol–water partition coefficient (Wildman–Crippen LogP) is 5.57. The van der Waals surface area contributed by atoms with Crippen LogP contribution in [0.1, 0.15) is 61.9 Å². The molecule has 1 aromatic heterocycles. The number of aromatic nitrogens is 1. The Morgan fingerprint density at radius 2 is 1.77 bits per heavy atom. The number of allylic oxidation sites excluding steroid dienone is 2. The number of nitrogens with zero attached hydrogens (tertiary/aromatic N) is 4. The van der Waals surface area contributed by atoms with Gasteiger partial charge in [-0.3, -0.25) is 14.6 Å². The number of rotatable bonds is 7. The number of fused-ring (bicyclic) bond motifs is 2. The van der Waals surface area contributed by atoms with Gasteiger partial charge in [-0.15, -0.1) is 11.3 Å². The largest absolute Gasteiger partial charge is 0.365 e. The number of piperazine rings is 1. The Hall–Kier alpha value is -1.48. The fraction of sp³-hybridized carbons (Fsp3) is 0.600. The van der Waals surface area contributed by atoms with Gasteiger partial charge in [-0.25, -0.2) is 4.98 Å². The Kier molecular flexibility index (Phi) is 8.10. The molecule has 3 fully saturated rings. The number of carbonyl (C=O) groups excluding carboxylic acids is 1. The van der Waals surface area contributed by atoms with Crippen LogP contribution >= 0.6 is 34.5 Å². The zero-order chi connectivity index (χ0) is 27.1. The van der Waals surface area contributed by atoms with Gasteiger partial charge in [0.1, 0.15) is 0 Å². The summed E-state index contributed by atoms with van der Waals surface area (Å²) in [5.74, 6) is 0.103. The molecule has 1 aromatic carbocycles. The van der Waals surface area contributed by atoms with Crippen molar-refractivity contribution in [3.8, 4) is 0 Å². The fourth-order valence-electron chi connectivity index (χ4n) is 7.60. The third-order valence-electron chi connectivity index (χ3n) is 9.77. The topological polar surface area (TPSA) is 51.7 Å². The van der Waals surface area contributed by atoms with E-state index in [9.17, 15) is 4.79 Å². The quantitative estimate of drug-likeness (QED) is 0.457. The minimum absolute atomic E-state index is 0.0508. The van der Waals surface area contributed by atoms with Crippen molar-refractivity contribution in [1.29, 1.82) is 0 Å². The Morgan fingerprint density at radius 3 is 2.38 bits per heavy atom. The molecular formula is C30H39Cl2N5OS. The third-order valence-corrected chi connectivity index (χ3v) is 11.3. The highest BCUT2D eigenvalue weighted by atomic mass is 35.5. The van der Waals surface area contributed by atoms with Gasteiger partial charge in [-0.2, -0.15) is 0 Å². The SMILES string of the molecule is CC(=O)C1(N2CCN([C@@H]3C[C@H]4CC[C@@H](C3)N4C)CC2)CC(c2c(Cl)cccc2Cl)C=C(CCc2nccs2)N1. The molecule has 4 aliphatic heterocycles. The van der Waals surface area contributed by atoms with Gasteiger partial charge in [0.25, 0.3) is 0 Å². The molecular weight excluding hydrogens is 549 g/mol. The Bertz CT molecular complexity index is 1180. The van der Waals surface area contributed by atoms with Crippen LogP contribution in [0.5, 0.6) is 0 Å². The summed E-state index contributed by atoms with van der Waals surface area (Å²) in [6.07, 6.45) is 11.6. The van der Waals surface area contributed by atoms with E-state index in [1.165, 1.54) is 25.7 Å². The Morgan fingerprint density at radius 1 is 1.08 bits per heavy atom. The molecule has 0 radical (unpaired) electrons. The second-order valence-electron chi connectivity index (χ2n) is 11.8. The maximum atomic E-state index is 13.6. The van der Waals surface area contributed by atoms with Crippen molar-refractivity contribution in [2.24, 2.45) is 0 Å². The molecule has 6 nitrogen and oxygen atoms in total. The minimum atomic E-state index is -0.780. The van der Waals surface area contributed by atoms with E-state index in [-0.39, 0.29) is 11.7 Å². The van der Waals surface area contributed by atoms with E-state index in [0.29, 0.717) is 22.5 Å². The molecule has 5 heterocycles. The van der Waals surface area contributed by atoms with Crippen molar-refractivity contribution in [3.05, 3.63) is 62.2 Å². The van der Waals surface area contributed by atoms with Crippen LogP contribution in [0.2, 0.25) is 10.0 Å².